The summed E-state index contributed by atoms with van der Waals surface area (Å²) in [5, 5.41) is 10.00. The van der Waals surface area contributed by atoms with Crippen LogP contribution in [0.4, 0.5) is 14.5 Å². The van der Waals surface area contributed by atoms with Gasteiger partial charge in [-0.2, -0.15) is 0 Å². The van der Waals surface area contributed by atoms with Gasteiger partial charge >= 0.3 is 11.9 Å². The fourth-order valence-corrected chi connectivity index (χ4v) is 4.74. The quantitative estimate of drug-likeness (QED) is 0.154. The zero-order valence-corrected chi connectivity index (χ0v) is 19.8. The summed E-state index contributed by atoms with van der Waals surface area (Å²) in [5.41, 5.74) is 10.0. The topological polar surface area (TPSA) is 146 Å². The second-order valence-corrected chi connectivity index (χ2v) is 8.77. The molecule has 4 aromatic carbocycles. The van der Waals surface area contributed by atoms with Gasteiger partial charge in [-0.25, -0.2) is 23.4 Å². The number of esters is 2. The van der Waals surface area contributed by atoms with Crippen molar-refractivity contribution in [3.8, 4) is 23.0 Å². The predicted molar refractivity (Wildman–Crippen MR) is 133 cm³/mol. The Labute approximate surface area is 218 Å². The Balaban J connectivity index is 1.45. The van der Waals surface area contributed by atoms with Crippen molar-refractivity contribution >= 4 is 23.6 Å². The molecule has 11 heteroatoms. The van der Waals surface area contributed by atoms with Gasteiger partial charge in [-0.1, -0.05) is 18.2 Å². The van der Waals surface area contributed by atoms with Crippen molar-refractivity contribution in [1.82, 2.24) is 0 Å². The molecule has 1 unspecified atom stereocenters. The molecule has 5 N–H and O–H groups in total. The lowest BCUT2D eigenvalue weighted by atomic mass is 9.77. The number of hydrogen-bond acceptors (Lipinski definition) is 7. The van der Waals surface area contributed by atoms with Crippen LogP contribution in [0.1, 0.15) is 37.4 Å². The Kier molecular flexibility index (Phi) is 5.25. The van der Waals surface area contributed by atoms with Crippen molar-refractivity contribution in [2.75, 3.05) is 0 Å². The van der Waals surface area contributed by atoms with Crippen LogP contribution in [0.25, 0.3) is 0 Å². The number of aliphatic imine (C=N–C) groups is 1. The Morgan fingerprint density at radius 2 is 1.56 bits per heavy atom. The number of rotatable bonds is 3. The number of benzene rings is 4. The highest BCUT2D eigenvalue weighted by atomic mass is 19.1. The van der Waals surface area contributed by atoms with Crippen LogP contribution in [-0.2, 0) is 10.3 Å². The van der Waals surface area contributed by atoms with Crippen molar-refractivity contribution in [3.05, 3.63) is 112 Å². The van der Waals surface area contributed by atoms with Gasteiger partial charge in [0.1, 0.15) is 11.5 Å². The van der Waals surface area contributed by atoms with Gasteiger partial charge in [-0.3, -0.25) is 0 Å². The molecule has 9 nitrogen and oxygen atoms in total. The third-order valence-corrected chi connectivity index (χ3v) is 6.40. The standard InChI is InChI=1S/C28H17F2N3O6/c29-19-9-17-22(11-21(19)34)37-23-12-24(38-25(35)13-5-7-14(8-6-13)33-27(31)32)20(30)10-18(23)28(17)16-4-2-1-3-15(16)26(36)39-28/h1-12,34H,(H4,31,32,33). The fourth-order valence-electron chi connectivity index (χ4n) is 4.74. The minimum atomic E-state index is -1.78. The van der Waals surface area contributed by atoms with E-state index in [1.54, 1.807) is 18.2 Å². The number of halogens is 2. The molecule has 1 atom stereocenters. The molecular formula is C28H17F2N3O6. The molecule has 2 heterocycles. The van der Waals surface area contributed by atoms with Crippen LogP contribution in [0.2, 0.25) is 0 Å². The van der Waals surface area contributed by atoms with E-state index in [4.69, 9.17) is 25.7 Å². The molecule has 4 aromatic rings. The smallest absolute Gasteiger partial charge is 0.343 e. The molecule has 6 rings (SSSR count). The second-order valence-electron chi connectivity index (χ2n) is 8.77. The Morgan fingerprint density at radius 3 is 2.28 bits per heavy atom. The van der Waals surface area contributed by atoms with Gasteiger partial charge in [0.2, 0.25) is 0 Å². The number of carbonyl (C=O) groups is 2. The monoisotopic (exact) mass is 529 g/mol. The summed E-state index contributed by atoms with van der Waals surface area (Å²) >= 11 is 0. The van der Waals surface area contributed by atoms with Crippen molar-refractivity contribution < 1.29 is 37.7 Å². The maximum absolute atomic E-state index is 15.5. The molecule has 0 amide bonds. The minimum Gasteiger partial charge on any atom is -0.505 e. The number of nitrogens with two attached hydrogens (primary N) is 2. The number of aromatic hydroxyl groups is 1. The van der Waals surface area contributed by atoms with Crippen LogP contribution in [0, 0.1) is 11.6 Å². The number of nitrogens with zero attached hydrogens (tertiary/aromatic N) is 1. The van der Waals surface area contributed by atoms with Crippen LogP contribution < -0.4 is 20.9 Å². The molecule has 0 fully saturated rings. The number of ether oxygens (including phenoxy) is 3. The summed E-state index contributed by atoms with van der Waals surface area (Å²) < 4.78 is 47.0. The van der Waals surface area contributed by atoms with Gasteiger partial charge in [-0.05, 0) is 42.5 Å². The molecule has 1 spiro atoms. The van der Waals surface area contributed by atoms with E-state index in [-0.39, 0.29) is 39.7 Å². The van der Waals surface area contributed by atoms with E-state index < -0.39 is 40.7 Å². The Hall–Kier alpha value is -5.45. The molecule has 0 saturated heterocycles. The van der Waals surface area contributed by atoms with E-state index in [1.165, 1.54) is 30.3 Å². The van der Waals surface area contributed by atoms with Crippen molar-refractivity contribution in [2.45, 2.75) is 5.60 Å². The molecule has 0 radical (unpaired) electrons. The maximum atomic E-state index is 15.5. The average Bonchev–Trinajstić information content (AvgIpc) is 3.20. The number of phenols is 1. The van der Waals surface area contributed by atoms with Crippen LogP contribution >= 0.6 is 0 Å². The van der Waals surface area contributed by atoms with Gasteiger partial charge in [0.05, 0.1) is 27.9 Å². The average molecular weight is 529 g/mol. The molecule has 0 aliphatic carbocycles. The number of hydrogen-bond donors (Lipinski definition) is 3. The van der Waals surface area contributed by atoms with Crippen molar-refractivity contribution in [1.29, 1.82) is 0 Å². The molecule has 194 valence electrons. The summed E-state index contributed by atoms with van der Waals surface area (Å²) in [5.74, 6) is -4.96. The molecular weight excluding hydrogens is 512 g/mol. The highest BCUT2D eigenvalue weighted by Crippen LogP contribution is 2.57. The first-order chi connectivity index (χ1) is 18.7. The third-order valence-electron chi connectivity index (χ3n) is 6.40. The highest BCUT2D eigenvalue weighted by Gasteiger charge is 2.54. The van der Waals surface area contributed by atoms with E-state index in [9.17, 15) is 19.1 Å². The summed E-state index contributed by atoms with van der Waals surface area (Å²) in [4.78, 5) is 29.5. The zero-order chi connectivity index (χ0) is 27.5. The summed E-state index contributed by atoms with van der Waals surface area (Å²) in [6.45, 7) is 0. The first-order valence-corrected chi connectivity index (χ1v) is 11.5. The normalized spacial score (nSPS) is 16.4. The van der Waals surface area contributed by atoms with Gasteiger partial charge in [0.15, 0.2) is 34.7 Å². The second kappa shape index (κ2) is 8.55. The lowest BCUT2D eigenvalue weighted by Gasteiger charge is -2.36. The lowest BCUT2D eigenvalue weighted by Crippen LogP contribution is -2.33. The molecule has 2 aliphatic heterocycles. The van der Waals surface area contributed by atoms with E-state index in [1.807, 2.05) is 0 Å². The van der Waals surface area contributed by atoms with E-state index in [0.29, 0.717) is 11.3 Å². The van der Waals surface area contributed by atoms with Crippen LogP contribution in [-0.4, -0.2) is 23.0 Å². The first-order valence-electron chi connectivity index (χ1n) is 11.5. The largest absolute Gasteiger partial charge is 0.505 e. The van der Waals surface area contributed by atoms with Gasteiger partial charge in [0, 0.05) is 17.7 Å². The number of fused-ring (bicyclic) bond motifs is 6. The number of phenolic OH excluding ortho intramolecular Hbond substituents is 1. The van der Waals surface area contributed by atoms with Crippen LogP contribution in [0.3, 0.4) is 0 Å². The lowest BCUT2D eigenvalue weighted by molar-refractivity contribution is 0.0221. The van der Waals surface area contributed by atoms with Crippen molar-refractivity contribution in [2.24, 2.45) is 16.5 Å². The maximum Gasteiger partial charge on any atom is 0.343 e. The van der Waals surface area contributed by atoms with E-state index in [2.05, 4.69) is 4.99 Å². The van der Waals surface area contributed by atoms with Gasteiger partial charge < -0.3 is 30.8 Å². The zero-order valence-electron chi connectivity index (χ0n) is 19.8. The first kappa shape index (κ1) is 23.9. The Bertz CT molecular complexity index is 1730. The minimum absolute atomic E-state index is 0.0367. The van der Waals surface area contributed by atoms with Crippen LogP contribution in [0.5, 0.6) is 23.0 Å². The molecule has 0 saturated carbocycles. The van der Waals surface area contributed by atoms with Crippen LogP contribution in [0.15, 0.2) is 77.8 Å². The van der Waals surface area contributed by atoms with Gasteiger partial charge in [-0.15, -0.1) is 0 Å². The molecule has 39 heavy (non-hydrogen) atoms. The number of guanidine groups is 1. The molecule has 0 aromatic heterocycles. The van der Waals surface area contributed by atoms with E-state index in [0.717, 1.165) is 24.3 Å². The summed E-state index contributed by atoms with van der Waals surface area (Å²) in [7, 11) is 0. The van der Waals surface area contributed by atoms with Gasteiger partial charge in [0.25, 0.3) is 0 Å². The predicted octanol–water partition coefficient (Wildman–Crippen LogP) is 4.36. The van der Waals surface area contributed by atoms with Crippen molar-refractivity contribution in [3.63, 3.8) is 0 Å². The highest BCUT2D eigenvalue weighted by molar-refractivity contribution is 5.97. The van der Waals surface area contributed by atoms with E-state index >= 15 is 4.39 Å². The third kappa shape index (κ3) is 3.71. The fraction of sp³-hybridized carbons (Fsp3) is 0.0357. The summed E-state index contributed by atoms with van der Waals surface area (Å²) in [6, 6.07) is 16.3. The molecule has 2 aliphatic rings. The summed E-state index contributed by atoms with van der Waals surface area (Å²) in [6.07, 6.45) is 0. The Morgan fingerprint density at radius 1 is 0.897 bits per heavy atom. The SMILES string of the molecule is NC(N)=Nc1ccc(C(=O)Oc2cc3c(cc2F)C2(OC(=O)c4ccccc42)c2cc(F)c(O)cc2O3)cc1. The number of carbonyl (C=O) groups excluding carboxylic acids is 2. The molecule has 0 bridgehead atoms.